The van der Waals surface area contributed by atoms with E-state index < -0.39 is 13.7 Å². The number of hydrogen-bond donors (Lipinski definition) is 1. The first-order valence-corrected chi connectivity index (χ1v) is 15.0. The molecule has 30 heavy (non-hydrogen) atoms. The molecule has 1 atom stereocenters. The number of aromatic nitrogens is 4. The van der Waals surface area contributed by atoms with Gasteiger partial charge in [-0.05, 0) is 55.6 Å². The Hall–Kier alpha value is -1.52. The van der Waals surface area contributed by atoms with Gasteiger partial charge in [0.05, 0.1) is 0 Å². The smallest absolute Gasteiger partial charge is 0.411 e. The first-order chi connectivity index (χ1) is 13.9. The SMILES string of the molecule is CC(C)(C)OC(=O)N1CCC[C@H]1c1[nH]c2nc(Br)cnc2[n+]1COCC[Si](C)(C)C. The predicted molar refractivity (Wildman–Crippen MR) is 121 cm³/mol. The first-order valence-electron chi connectivity index (χ1n) is 10.5. The van der Waals surface area contributed by atoms with Gasteiger partial charge in [-0.2, -0.15) is 0 Å². The van der Waals surface area contributed by atoms with Crippen molar-refractivity contribution in [2.75, 3.05) is 13.2 Å². The Labute approximate surface area is 187 Å². The zero-order chi connectivity index (χ0) is 22.1. The van der Waals surface area contributed by atoms with Crippen LogP contribution in [0.3, 0.4) is 0 Å². The Bertz CT molecular complexity index is 906. The zero-order valence-electron chi connectivity index (χ0n) is 18.8. The molecule has 1 saturated heterocycles. The van der Waals surface area contributed by atoms with Crippen LogP contribution in [0.1, 0.15) is 45.5 Å². The van der Waals surface area contributed by atoms with E-state index in [0.717, 1.165) is 30.4 Å². The second kappa shape index (κ2) is 8.92. The van der Waals surface area contributed by atoms with Crippen molar-refractivity contribution in [2.45, 2.75) is 77.7 Å². The first kappa shape index (κ1) is 23.1. The van der Waals surface area contributed by atoms with Gasteiger partial charge in [0, 0.05) is 21.2 Å². The highest BCUT2D eigenvalue weighted by atomic mass is 79.9. The lowest BCUT2D eigenvalue weighted by atomic mass is 10.2. The van der Waals surface area contributed by atoms with Crippen molar-refractivity contribution in [2.24, 2.45) is 0 Å². The van der Waals surface area contributed by atoms with Crippen molar-refractivity contribution in [1.29, 1.82) is 0 Å². The fraction of sp³-hybridized carbons (Fsp3) is 0.700. The average molecular weight is 500 g/mol. The Morgan fingerprint density at radius 1 is 1.40 bits per heavy atom. The quantitative estimate of drug-likeness (QED) is 0.362. The highest BCUT2D eigenvalue weighted by Crippen LogP contribution is 2.32. The Morgan fingerprint density at radius 3 is 2.80 bits per heavy atom. The molecule has 0 bridgehead atoms. The molecule has 0 aliphatic carbocycles. The molecule has 1 aliphatic rings. The highest BCUT2D eigenvalue weighted by Gasteiger charge is 2.39. The van der Waals surface area contributed by atoms with Crippen LogP contribution in [0, 0.1) is 0 Å². The minimum atomic E-state index is -1.17. The van der Waals surface area contributed by atoms with E-state index >= 15 is 0 Å². The Morgan fingerprint density at radius 2 is 2.13 bits per heavy atom. The van der Waals surface area contributed by atoms with Crippen molar-refractivity contribution in [3.63, 3.8) is 0 Å². The van der Waals surface area contributed by atoms with Gasteiger partial charge in [-0.15, -0.1) is 4.98 Å². The maximum absolute atomic E-state index is 12.8. The predicted octanol–water partition coefficient (Wildman–Crippen LogP) is 4.39. The van der Waals surface area contributed by atoms with Crippen LogP contribution in [-0.4, -0.2) is 52.8 Å². The van der Waals surface area contributed by atoms with E-state index in [4.69, 9.17) is 9.47 Å². The van der Waals surface area contributed by atoms with Crippen molar-refractivity contribution < 1.29 is 18.8 Å². The van der Waals surface area contributed by atoms with Crippen LogP contribution in [0.4, 0.5) is 4.79 Å². The van der Waals surface area contributed by atoms with E-state index in [0.29, 0.717) is 30.1 Å². The molecule has 0 saturated carbocycles. The molecule has 0 aromatic carbocycles. The van der Waals surface area contributed by atoms with E-state index in [2.05, 4.69) is 50.5 Å². The van der Waals surface area contributed by atoms with Gasteiger partial charge in [0.25, 0.3) is 5.65 Å². The number of hydrogen-bond acceptors (Lipinski definition) is 5. The maximum atomic E-state index is 12.8. The number of rotatable bonds is 6. The number of carbonyl (C=O) groups excluding carboxylic acids is 1. The number of aromatic amines is 1. The fourth-order valence-corrected chi connectivity index (χ4v) is 4.50. The summed E-state index contributed by atoms with van der Waals surface area (Å²) < 4.78 is 14.3. The second-order valence-electron chi connectivity index (χ2n) is 9.98. The highest BCUT2D eigenvalue weighted by molar-refractivity contribution is 9.10. The van der Waals surface area contributed by atoms with Crippen LogP contribution >= 0.6 is 15.9 Å². The van der Waals surface area contributed by atoms with Crippen LogP contribution in [0.5, 0.6) is 0 Å². The summed E-state index contributed by atoms with van der Waals surface area (Å²) in [5.74, 6) is 0.875. The number of fused-ring (bicyclic) bond motifs is 1. The summed E-state index contributed by atoms with van der Waals surface area (Å²) in [6.07, 6.45) is 3.15. The van der Waals surface area contributed by atoms with Crippen molar-refractivity contribution in [3.05, 3.63) is 16.6 Å². The molecule has 0 unspecified atom stereocenters. The van der Waals surface area contributed by atoms with E-state index in [9.17, 15) is 4.79 Å². The number of imidazole rings is 1. The summed E-state index contributed by atoms with van der Waals surface area (Å²) in [6, 6.07) is 0.964. The lowest BCUT2D eigenvalue weighted by Gasteiger charge is -2.27. The molecule has 1 fully saturated rings. The van der Waals surface area contributed by atoms with Crippen molar-refractivity contribution in [3.8, 4) is 0 Å². The molecule has 1 aliphatic heterocycles. The normalized spacial score (nSPS) is 17.7. The molecule has 1 amide bonds. The van der Waals surface area contributed by atoms with Gasteiger partial charge in [-0.1, -0.05) is 19.6 Å². The lowest BCUT2D eigenvalue weighted by molar-refractivity contribution is -0.719. The van der Waals surface area contributed by atoms with Crippen molar-refractivity contribution in [1.82, 2.24) is 19.9 Å². The van der Waals surface area contributed by atoms with E-state index in [-0.39, 0.29) is 12.1 Å². The molecule has 10 heteroatoms. The van der Waals surface area contributed by atoms with Gasteiger partial charge < -0.3 is 9.47 Å². The fourth-order valence-electron chi connectivity index (χ4n) is 3.46. The number of nitrogens with one attached hydrogen (secondary N) is 1. The molecule has 0 radical (unpaired) electrons. The number of amides is 1. The van der Waals surface area contributed by atoms with Crippen LogP contribution in [0.15, 0.2) is 10.8 Å². The summed E-state index contributed by atoms with van der Waals surface area (Å²) in [7, 11) is -1.17. The monoisotopic (exact) mass is 498 g/mol. The number of carbonyl (C=O) groups is 1. The molecular formula is C20H33BrN5O3Si+. The average Bonchev–Trinajstić information content (AvgIpc) is 3.20. The van der Waals surface area contributed by atoms with Crippen LogP contribution in [-0.2, 0) is 16.2 Å². The summed E-state index contributed by atoms with van der Waals surface area (Å²) in [6.45, 7) is 14.4. The molecule has 2 aromatic rings. The van der Waals surface area contributed by atoms with Crippen molar-refractivity contribution >= 4 is 41.4 Å². The van der Waals surface area contributed by atoms with Gasteiger partial charge in [0.2, 0.25) is 5.82 Å². The maximum Gasteiger partial charge on any atom is 0.411 e. The molecule has 3 heterocycles. The second-order valence-corrected chi connectivity index (χ2v) is 16.4. The largest absolute Gasteiger partial charge is 0.444 e. The molecular weight excluding hydrogens is 466 g/mol. The standard InChI is InChI=1S/C20H32BrN5O3Si/c1-20(2,3)29-19(27)25-9-7-8-14(25)17-24-16-18(22-12-15(21)23-16)26(17)13-28-10-11-30(4,5)6/h12,14H,7-11,13H2,1-6H3/p+1/t14-/m0/s1. The summed E-state index contributed by atoms with van der Waals surface area (Å²) in [4.78, 5) is 27.1. The van der Waals surface area contributed by atoms with Gasteiger partial charge in [-0.3, -0.25) is 9.88 Å². The van der Waals surface area contributed by atoms with Crippen LogP contribution < -0.4 is 4.57 Å². The number of ether oxygens (including phenoxy) is 2. The van der Waals surface area contributed by atoms with Crippen LogP contribution in [0.2, 0.25) is 25.7 Å². The minimum Gasteiger partial charge on any atom is -0.444 e. The number of halogens is 1. The Balaban J connectivity index is 1.88. The molecule has 166 valence electrons. The topological polar surface area (TPSA) is 84.2 Å². The molecule has 3 rings (SSSR count). The third-order valence-electron chi connectivity index (χ3n) is 4.93. The van der Waals surface area contributed by atoms with E-state index in [1.165, 1.54) is 0 Å². The summed E-state index contributed by atoms with van der Waals surface area (Å²) in [5.41, 5.74) is 0.857. The van der Waals surface area contributed by atoms with E-state index in [1.54, 1.807) is 11.1 Å². The minimum absolute atomic E-state index is 0.129. The van der Waals surface area contributed by atoms with E-state index in [1.807, 2.05) is 25.3 Å². The third-order valence-corrected chi connectivity index (χ3v) is 7.02. The van der Waals surface area contributed by atoms with Gasteiger partial charge in [-0.25, -0.2) is 14.3 Å². The molecule has 8 nitrogen and oxygen atoms in total. The van der Waals surface area contributed by atoms with Gasteiger partial charge in [0.15, 0.2) is 6.73 Å². The molecule has 2 aromatic heterocycles. The molecule has 1 N–H and O–H groups in total. The third kappa shape index (κ3) is 5.79. The van der Waals surface area contributed by atoms with Gasteiger partial charge >= 0.3 is 11.7 Å². The zero-order valence-corrected chi connectivity index (χ0v) is 21.4. The summed E-state index contributed by atoms with van der Waals surface area (Å²) in [5, 5.41) is 0. The number of nitrogens with zero attached hydrogens (tertiary/aromatic N) is 4. The summed E-state index contributed by atoms with van der Waals surface area (Å²) >= 11 is 3.39. The Kier molecular flexibility index (Phi) is 6.88. The van der Waals surface area contributed by atoms with Gasteiger partial charge in [0.1, 0.15) is 22.4 Å². The number of H-pyrrole nitrogens is 1. The number of likely N-dealkylation sites (tertiary alicyclic amines) is 1. The lowest BCUT2D eigenvalue weighted by Crippen LogP contribution is -2.45. The molecule has 0 spiro atoms. The van der Waals surface area contributed by atoms with Crippen LogP contribution in [0.25, 0.3) is 11.3 Å².